The van der Waals surface area contributed by atoms with Crippen molar-refractivity contribution in [1.29, 1.82) is 0 Å². The number of nitrogens with one attached hydrogen (secondary N) is 2. The molecular formula is C14H25N5O3S. The molecule has 0 aromatic carbocycles. The van der Waals surface area contributed by atoms with Crippen LogP contribution in [0.4, 0.5) is 0 Å². The van der Waals surface area contributed by atoms with Crippen LogP contribution >= 0.6 is 11.8 Å². The molecule has 0 fully saturated rings. The molecule has 8 nitrogen and oxygen atoms in total. The minimum absolute atomic E-state index is 0.0208. The van der Waals surface area contributed by atoms with Crippen LogP contribution in [0, 0.1) is 0 Å². The molecule has 1 aromatic heterocycles. The van der Waals surface area contributed by atoms with Gasteiger partial charge in [0, 0.05) is 6.54 Å². The molecule has 130 valence electrons. The van der Waals surface area contributed by atoms with E-state index < -0.39 is 0 Å². The van der Waals surface area contributed by atoms with Crippen molar-refractivity contribution in [2.75, 3.05) is 32.9 Å². The second-order valence-corrected chi connectivity index (χ2v) is 6.14. The second-order valence-electron chi connectivity index (χ2n) is 5.21. The summed E-state index contributed by atoms with van der Waals surface area (Å²) in [5.41, 5.74) is 0. The Morgan fingerprint density at radius 3 is 2.57 bits per heavy atom. The molecule has 0 aliphatic carbocycles. The Morgan fingerprint density at radius 1 is 1.22 bits per heavy atom. The van der Waals surface area contributed by atoms with E-state index in [1.807, 2.05) is 32.8 Å². The molecule has 9 heteroatoms. The van der Waals surface area contributed by atoms with Gasteiger partial charge in [0.15, 0.2) is 0 Å². The summed E-state index contributed by atoms with van der Waals surface area (Å²) in [6.45, 7) is 4.60. The summed E-state index contributed by atoms with van der Waals surface area (Å²) in [7, 11) is 3.89. The van der Waals surface area contributed by atoms with Gasteiger partial charge in [-0.3, -0.25) is 14.5 Å². The lowest BCUT2D eigenvalue weighted by molar-refractivity contribution is -0.124. The predicted molar refractivity (Wildman–Crippen MR) is 88.1 cm³/mol. The molecule has 1 rings (SSSR count). The first kappa shape index (κ1) is 19.4. The van der Waals surface area contributed by atoms with Crippen molar-refractivity contribution in [2.45, 2.75) is 38.0 Å². The molecule has 0 aliphatic rings. The fourth-order valence-corrected chi connectivity index (χ4v) is 2.46. The fourth-order valence-electron chi connectivity index (χ4n) is 1.86. The van der Waals surface area contributed by atoms with E-state index in [1.165, 1.54) is 0 Å². The van der Waals surface area contributed by atoms with Gasteiger partial charge in [0.05, 0.1) is 18.3 Å². The molecule has 1 atom stereocenters. The van der Waals surface area contributed by atoms with Crippen LogP contribution in [0.25, 0.3) is 0 Å². The number of carbonyl (C=O) groups is 2. The van der Waals surface area contributed by atoms with Crippen molar-refractivity contribution in [3.05, 3.63) is 5.89 Å². The summed E-state index contributed by atoms with van der Waals surface area (Å²) in [5, 5.41) is 13.5. The number of nitrogens with zero attached hydrogens (tertiary/aromatic N) is 3. The molecule has 1 aromatic rings. The monoisotopic (exact) mass is 343 g/mol. The van der Waals surface area contributed by atoms with Gasteiger partial charge in [-0.15, -0.1) is 10.2 Å². The van der Waals surface area contributed by atoms with Gasteiger partial charge in [-0.1, -0.05) is 25.6 Å². The minimum Gasteiger partial charge on any atom is -0.414 e. The largest absolute Gasteiger partial charge is 0.414 e. The first-order valence-corrected chi connectivity index (χ1v) is 8.62. The maximum absolute atomic E-state index is 11.7. The number of aromatic nitrogens is 2. The van der Waals surface area contributed by atoms with Gasteiger partial charge in [0.25, 0.3) is 5.22 Å². The molecule has 1 heterocycles. The van der Waals surface area contributed by atoms with E-state index >= 15 is 0 Å². The summed E-state index contributed by atoms with van der Waals surface area (Å²) in [5.74, 6) is 0.226. The Kier molecular flexibility index (Phi) is 8.64. The highest BCUT2D eigenvalue weighted by Gasteiger charge is 2.19. The number of amides is 2. The van der Waals surface area contributed by atoms with E-state index in [0.29, 0.717) is 17.7 Å². The standard InChI is InChI=1S/C14H25N5O3S/c1-5-7-15-11(20)8-16-12(21)9-23-14-18-17-13(22-14)10(6-2)19(3)4/h10H,5-9H2,1-4H3,(H,15,20)(H,16,21)/t10-/m1/s1. The molecule has 2 amide bonds. The van der Waals surface area contributed by atoms with Gasteiger partial charge in [0.2, 0.25) is 17.7 Å². The third kappa shape index (κ3) is 7.00. The summed E-state index contributed by atoms with van der Waals surface area (Å²) in [4.78, 5) is 25.1. The average molecular weight is 343 g/mol. The Labute approximate surface area is 140 Å². The van der Waals surface area contributed by atoms with Crippen molar-refractivity contribution in [1.82, 2.24) is 25.7 Å². The molecule has 0 saturated carbocycles. The lowest BCUT2D eigenvalue weighted by Crippen LogP contribution is -2.37. The zero-order chi connectivity index (χ0) is 17.2. The molecule has 0 saturated heterocycles. The fraction of sp³-hybridized carbons (Fsp3) is 0.714. The van der Waals surface area contributed by atoms with Gasteiger partial charge in [0.1, 0.15) is 0 Å². The second kappa shape index (κ2) is 10.2. The van der Waals surface area contributed by atoms with E-state index in [9.17, 15) is 9.59 Å². The first-order chi connectivity index (χ1) is 11.0. The highest BCUT2D eigenvalue weighted by molar-refractivity contribution is 7.99. The first-order valence-electron chi connectivity index (χ1n) is 7.63. The molecule has 0 unspecified atom stereocenters. The lowest BCUT2D eigenvalue weighted by Gasteiger charge is -2.18. The van der Waals surface area contributed by atoms with Gasteiger partial charge >= 0.3 is 0 Å². The quantitative estimate of drug-likeness (QED) is 0.607. The van der Waals surface area contributed by atoms with Crippen LogP contribution in [-0.4, -0.2) is 59.8 Å². The Hall–Kier alpha value is -1.61. The predicted octanol–water partition coefficient (Wildman–Crippen LogP) is 0.817. The normalized spacial score (nSPS) is 12.2. The van der Waals surface area contributed by atoms with Crippen LogP contribution < -0.4 is 10.6 Å². The minimum atomic E-state index is -0.249. The number of rotatable bonds is 10. The Balaban J connectivity index is 2.36. The van der Waals surface area contributed by atoms with Gasteiger partial charge in [-0.25, -0.2) is 0 Å². The van der Waals surface area contributed by atoms with Crippen LogP contribution in [0.2, 0.25) is 0 Å². The maximum atomic E-state index is 11.7. The van der Waals surface area contributed by atoms with Crippen LogP contribution in [0.1, 0.15) is 38.6 Å². The molecule has 0 aliphatic heterocycles. The lowest BCUT2D eigenvalue weighted by atomic mass is 10.2. The number of hydrogen-bond acceptors (Lipinski definition) is 7. The molecule has 0 radical (unpaired) electrons. The van der Waals surface area contributed by atoms with Crippen LogP contribution in [0.5, 0.6) is 0 Å². The van der Waals surface area contributed by atoms with Crippen LogP contribution in [0.3, 0.4) is 0 Å². The van der Waals surface area contributed by atoms with E-state index in [-0.39, 0.29) is 30.2 Å². The molecule has 0 spiro atoms. The maximum Gasteiger partial charge on any atom is 0.277 e. The Bertz CT molecular complexity index is 506. The molecule has 0 bridgehead atoms. The summed E-state index contributed by atoms with van der Waals surface area (Å²) < 4.78 is 5.57. The zero-order valence-electron chi connectivity index (χ0n) is 14.1. The van der Waals surface area contributed by atoms with Crippen molar-refractivity contribution in [3.63, 3.8) is 0 Å². The van der Waals surface area contributed by atoms with E-state index in [2.05, 4.69) is 20.8 Å². The zero-order valence-corrected chi connectivity index (χ0v) is 14.9. The van der Waals surface area contributed by atoms with Crippen molar-refractivity contribution < 1.29 is 14.0 Å². The topological polar surface area (TPSA) is 100 Å². The SMILES string of the molecule is CCCNC(=O)CNC(=O)CSc1nnc([C@@H](CC)N(C)C)o1. The summed E-state index contributed by atoms with van der Waals surface area (Å²) in [6.07, 6.45) is 1.72. The highest BCUT2D eigenvalue weighted by Crippen LogP contribution is 2.23. The van der Waals surface area contributed by atoms with Crippen molar-refractivity contribution in [3.8, 4) is 0 Å². The van der Waals surface area contributed by atoms with Crippen molar-refractivity contribution >= 4 is 23.6 Å². The molecular weight excluding hydrogens is 318 g/mol. The van der Waals surface area contributed by atoms with E-state index in [0.717, 1.165) is 24.6 Å². The molecule has 2 N–H and O–H groups in total. The van der Waals surface area contributed by atoms with E-state index in [4.69, 9.17) is 4.42 Å². The highest BCUT2D eigenvalue weighted by atomic mass is 32.2. The van der Waals surface area contributed by atoms with Gasteiger partial charge in [-0.2, -0.15) is 0 Å². The smallest absolute Gasteiger partial charge is 0.277 e. The number of thioether (sulfide) groups is 1. The number of hydrogen-bond donors (Lipinski definition) is 2. The van der Waals surface area contributed by atoms with Gasteiger partial charge in [-0.05, 0) is 26.9 Å². The number of carbonyl (C=O) groups excluding carboxylic acids is 2. The van der Waals surface area contributed by atoms with Crippen molar-refractivity contribution in [2.24, 2.45) is 0 Å². The average Bonchev–Trinajstić information content (AvgIpc) is 2.97. The summed E-state index contributed by atoms with van der Waals surface area (Å²) in [6, 6.07) is 0.0629. The van der Waals surface area contributed by atoms with E-state index in [1.54, 1.807) is 0 Å². The third-order valence-corrected chi connectivity index (χ3v) is 3.88. The van der Waals surface area contributed by atoms with Crippen LogP contribution in [-0.2, 0) is 9.59 Å². The Morgan fingerprint density at radius 2 is 1.96 bits per heavy atom. The van der Waals surface area contributed by atoms with Gasteiger partial charge < -0.3 is 15.1 Å². The third-order valence-electron chi connectivity index (χ3n) is 3.06. The van der Waals surface area contributed by atoms with Crippen LogP contribution in [0.15, 0.2) is 9.64 Å². The summed E-state index contributed by atoms with van der Waals surface area (Å²) >= 11 is 1.16. The molecule has 23 heavy (non-hydrogen) atoms.